The minimum atomic E-state index is -1.07. The second-order valence-corrected chi connectivity index (χ2v) is 8.32. The Morgan fingerprint density at radius 1 is 1.03 bits per heavy atom. The summed E-state index contributed by atoms with van der Waals surface area (Å²) in [6.07, 6.45) is 3.46. The molecule has 0 spiro atoms. The van der Waals surface area contributed by atoms with Crippen LogP contribution in [0.4, 0.5) is 0 Å². The Bertz CT molecular complexity index is 950. The van der Waals surface area contributed by atoms with Crippen LogP contribution in [0.15, 0.2) is 36.8 Å². The zero-order chi connectivity index (χ0) is 23.9. The van der Waals surface area contributed by atoms with Crippen LogP contribution in [0.5, 0.6) is 0 Å². The molecule has 2 unspecified atom stereocenters. The minimum absolute atomic E-state index is 0.0438. The molecule has 1 aromatic carbocycles. The highest BCUT2D eigenvalue weighted by molar-refractivity contribution is 5.91. The average molecular weight is 447 g/mol. The van der Waals surface area contributed by atoms with Gasteiger partial charge in [-0.25, -0.2) is 9.78 Å². The number of benzene rings is 1. The normalized spacial score (nSPS) is 13.2. The molecule has 1 aromatic heterocycles. The fraction of sp³-hybridized carbons (Fsp3) is 0.455. The van der Waals surface area contributed by atoms with Crippen molar-refractivity contribution in [3.8, 4) is 0 Å². The van der Waals surface area contributed by atoms with E-state index in [-0.39, 0.29) is 12.8 Å². The Hall–Kier alpha value is -3.24. The zero-order valence-corrected chi connectivity index (χ0v) is 18.7. The van der Waals surface area contributed by atoms with Gasteiger partial charge in [0.15, 0.2) is 0 Å². The van der Waals surface area contributed by atoms with Gasteiger partial charge in [-0.2, -0.15) is 0 Å². The molecular formula is C22H30N4O6. The van der Waals surface area contributed by atoms with Crippen molar-refractivity contribution in [1.29, 1.82) is 0 Å². The van der Waals surface area contributed by atoms with E-state index in [4.69, 9.17) is 25.7 Å². The summed E-state index contributed by atoms with van der Waals surface area (Å²) in [5, 5.41) is 0. The van der Waals surface area contributed by atoms with Crippen LogP contribution in [0, 0.1) is 0 Å². The number of nitrogens with two attached hydrogens (primary N) is 2. The molecule has 0 aliphatic heterocycles. The van der Waals surface area contributed by atoms with Crippen LogP contribution in [-0.4, -0.2) is 51.9 Å². The molecule has 0 saturated heterocycles. The van der Waals surface area contributed by atoms with Gasteiger partial charge in [0, 0.05) is 25.4 Å². The van der Waals surface area contributed by atoms with Crippen molar-refractivity contribution in [3.05, 3.63) is 53.6 Å². The molecule has 2 atom stereocenters. The first-order chi connectivity index (χ1) is 15.0. The molecule has 1 heterocycles. The number of ether oxygens (including phenoxy) is 3. The highest BCUT2D eigenvalue weighted by Crippen LogP contribution is 2.17. The number of rotatable bonds is 9. The number of nitrogens with zero attached hydrogens (tertiary/aromatic N) is 2. The summed E-state index contributed by atoms with van der Waals surface area (Å²) in [4.78, 5) is 40.6. The van der Waals surface area contributed by atoms with Crippen LogP contribution in [0.25, 0.3) is 0 Å². The molecule has 0 radical (unpaired) electrons. The Kier molecular flexibility index (Phi) is 8.50. The van der Waals surface area contributed by atoms with Crippen molar-refractivity contribution in [2.75, 3.05) is 6.79 Å². The third kappa shape index (κ3) is 7.47. The van der Waals surface area contributed by atoms with Gasteiger partial charge in [-0.05, 0) is 38.8 Å². The summed E-state index contributed by atoms with van der Waals surface area (Å²) in [6, 6.07) is 4.71. The second-order valence-electron chi connectivity index (χ2n) is 8.32. The SMILES string of the molecule is Cn1cncc1CC(N)C(=O)OCOC(=O)C(N)Cc1ccccc1C(=O)OC(C)(C)C. The second kappa shape index (κ2) is 10.9. The number of carbonyl (C=O) groups is 3. The van der Waals surface area contributed by atoms with Crippen LogP contribution in [0.3, 0.4) is 0 Å². The van der Waals surface area contributed by atoms with Crippen molar-refractivity contribution in [2.24, 2.45) is 18.5 Å². The molecule has 174 valence electrons. The fourth-order valence-corrected chi connectivity index (χ4v) is 2.80. The van der Waals surface area contributed by atoms with Gasteiger partial charge in [0.05, 0.1) is 11.9 Å². The largest absolute Gasteiger partial charge is 0.456 e. The lowest BCUT2D eigenvalue weighted by atomic mass is 10.0. The maximum atomic E-state index is 12.4. The van der Waals surface area contributed by atoms with Crippen LogP contribution in [-0.2, 0) is 43.7 Å². The van der Waals surface area contributed by atoms with Gasteiger partial charge < -0.3 is 30.2 Å². The van der Waals surface area contributed by atoms with Gasteiger partial charge in [-0.15, -0.1) is 0 Å². The lowest BCUT2D eigenvalue weighted by molar-refractivity contribution is -0.169. The molecule has 0 saturated carbocycles. The van der Waals surface area contributed by atoms with Gasteiger partial charge in [0.2, 0.25) is 6.79 Å². The van der Waals surface area contributed by atoms with Crippen molar-refractivity contribution in [3.63, 3.8) is 0 Å². The Labute approximate surface area is 186 Å². The maximum absolute atomic E-state index is 12.4. The topological polar surface area (TPSA) is 149 Å². The van der Waals surface area contributed by atoms with Gasteiger partial charge in [0.25, 0.3) is 0 Å². The molecule has 0 aliphatic rings. The van der Waals surface area contributed by atoms with Crippen molar-refractivity contribution in [1.82, 2.24) is 9.55 Å². The smallest absolute Gasteiger partial charge is 0.338 e. The number of carbonyl (C=O) groups excluding carboxylic acids is 3. The van der Waals surface area contributed by atoms with Crippen molar-refractivity contribution in [2.45, 2.75) is 51.3 Å². The van der Waals surface area contributed by atoms with Crippen molar-refractivity contribution < 1.29 is 28.6 Å². The Balaban J connectivity index is 1.85. The predicted molar refractivity (Wildman–Crippen MR) is 115 cm³/mol. The summed E-state index contributed by atoms with van der Waals surface area (Å²) < 4.78 is 17.0. The number of hydrogen-bond donors (Lipinski definition) is 2. The van der Waals surface area contributed by atoms with Crippen LogP contribution in [0.1, 0.15) is 42.4 Å². The van der Waals surface area contributed by atoms with Gasteiger partial charge >= 0.3 is 17.9 Å². The van der Waals surface area contributed by atoms with E-state index < -0.39 is 42.4 Å². The lowest BCUT2D eigenvalue weighted by Crippen LogP contribution is -2.38. The molecule has 0 fully saturated rings. The highest BCUT2D eigenvalue weighted by Gasteiger charge is 2.24. The summed E-state index contributed by atoms with van der Waals surface area (Å²) in [7, 11) is 1.78. The monoisotopic (exact) mass is 446 g/mol. The molecular weight excluding hydrogens is 416 g/mol. The summed E-state index contributed by atoms with van der Waals surface area (Å²) >= 11 is 0. The minimum Gasteiger partial charge on any atom is -0.456 e. The molecule has 10 heteroatoms. The standard InChI is InChI=1S/C22H30N4O6/c1-22(2,3)32-19(27)16-8-6-5-7-14(16)9-17(23)20(28)30-13-31-21(29)18(24)10-15-11-25-12-26(15)4/h5-8,11-12,17-18H,9-10,13,23-24H2,1-4H3. The molecule has 10 nitrogen and oxygen atoms in total. The maximum Gasteiger partial charge on any atom is 0.338 e. The number of aromatic nitrogens is 2. The molecule has 0 bridgehead atoms. The van der Waals surface area contributed by atoms with E-state index in [9.17, 15) is 14.4 Å². The summed E-state index contributed by atoms with van der Waals surface area (Å²) in [6.45, 7) is 4.68. The summed E-state index contributed by atoms with van der Waals surface area (Å²) in [5.41, 5.74) is 12.7. The first-order valence-corrected chi connectivity index (χ1v) is 10.1. The van der Waals surface area contributed by atoms with Gasteiger partial charge in [0.1, 0.15) is 17.7 Å². The molecule has 32 heavy (non-hydrogen) atoms. The Morgan fingerprint density at radius 2 is 1.62 bits per heavy atom. The third-order valence-corrected chi connectivity index (χ3v) is 4.43. The number of hydrogen-bond acceptors (Lipinski definition) is 9. The van der Waals surface area contributed by atoms with E-state index in [1.807, 2.05) is 0 Å². The molecule has 2 rings (SSSR count). The first-order valence-electron chi connectivity index (χ1n) is 10.1. The zero-order valence-electron chi connectivity index (χ0n) is 18.7. The van der Waals surface area contributed by atoms with E-state index in [2.05, 4.69) is 4.98 Å². The predicted octanol–water partition coefficient (Wildman–Crippen LogP) is 0.859. The van der Waals surface area contributed by atoms with Crippen molar-refractivity contribution >= 4 is 17.9 Å². The lowest BCUT2D eigenvalue weighted by Gasteiger charge is -2.21. The van der Waals surface area contributed by atoms with E-state index in [1.54, 1.807) is 69.2 Å². The van der Waals surface area contributed by atoms with Gasteiger partial charge in [-0.3, -0.25) is 9.59 Å². The van der Waals surface area contributed by atoms with Crippen LogP contribution >= 0.6 is 0 Å². The summed E-state index contributed by atoms with van der Waals surface area (Å²) in [5.74, 6) is -2.01. The number of esters is 3. The molecule has 0 amide bonds. The first kappa shape index (κ1) is 25.0. The van der Waals surface area contributed by atoms with E-state index in [1.165, 1.54) is 0 Å². The highest BCUT2D eigenvalue weighted by atomic mass is 16.7. The average Bonchev–Trinajstić information content (AvgIpc) is 3.11. The number of aryl methyl sites for hydroxylation is 1. The molecule has 2 aromatic rings. The van der Waals surface area contributed by atoms with E-state index in [0.717, 1.165) is 5.69 Å². The quantitative estimate of drug-likeness (QED) is 0.422. The molecule has 0 aliphatic carbocycles. The number of imidazole rings is 1. The molecule has 4 N–H and O–H groups in total. The van der Waals surface area contributed by atoms with E-state index >= 15 is 0 Å². The third-order valence-electron chi connectivity index (χ3n) is 4.43. The fourth-order valence-electron chi connectivity index (χ4n) is 2.80. The van der Waals surface area contributed by atoms with Crippen LogP contribution in [0.2, 0.25) is 0 Å². The Morgan fingerprint density at radius 3 is 2.19 bits per heavy atom. The van der Waals surface area contributed by atoms with Gasteiger partial charge in [-0.1, -0.05) is 18.2 Å². The van der Waals surface area contributed by atoms with Crippen LogP contribution < -0.4 is 11.5 Å². The van der Waals surface area contributed by atoms with E-state index in [0.29, 0.717) is 11.1 Å².